The molecule has 0 unspecified atom stereocenters. The van der Waals surface area contributed by atoms with Gasteiger partial charge in [0.25, 0.3) is 0 Å². The highest BCUT2D eigenvalue weighted by Gasteiger charge is 2.28. The molecule has 1 saturated heterocycles. The molecule has 0 radical (unpaired) electrons. The molecule has 1 atom stereocenters. The summed E-state index contributed by atoms with van der Waals surface area (Å²) in [7, 11) is -3.39. The van der Waals surface area contributed by atoms with Crippen molar-refractivity contribution >= 4 is 44.0 Å². The molecule has 0 spiro atoms. The minimum Gasteiger partial charge on any atom is -0.302 e. The van der Waals surface area contributed by atoms with Gasteiger partial charge in [0.2, 0.25) is 10.0 Å². The first-order chi connectivity index (χ1) is 13.8. The molecule has 164 valence electrons. The summed E-state index contributed by atoms with van der Waals surface area (Å²) in [5.41, 5.74) is 1.11. The van der Waals surface area contributed by atoms with Gasteiger partial charge in [-0.2, -0.15) is 4.31 Å². The molecule has 2 aliphatic rings. The third-order valence-electron chi connectivity index (χ3n) is 5.33. The topological polar surface area (TPSA) is 57.7 Å². The van der Waals surface area contributed by atoms with E-state index in [1.165, 1.54) is 37.9 Å². The number of thioether (sulfide) groups is 1. The molecule has 0 aromatic rings. The van der Waals surface area contributed by atoms with E-state index in [-0.39, 0.29) is 16.9 Å². The summed E-state index contributed by atoms with van der Waals surface area (Å²) in [5, 5.41) is 0.0252. The Morgan fingerprint density at radius 3 is 2.69 bits per heavy atom. The number of nitrogens with zero attached hydrogens (tertiary/aromatic N) is 2. The van der Waals surface area contributed by atoms with Gasteiger partial charge in [-0.25, -0.2) is 8.42 Å². The van der Waals surface area contributed by atoms with Crippen LogP contribution >= 0.6 is 24.0 Å². The Kier molecular flexibility index (Phi) is 10.5. The highest BCUT2D eigenvalue weighted by molar-refractivity contribution is 8.13. The molecule has 1 aliphatic heterocycles. The van der Waals surface area contributed by atoms with Gasteiger partial charge < -0.3 is 4.90 Å². The van der Waals surface area contributed by atoms with Gasteiger partial charge in [0.15, 0.2) is 5.12 Å². The zero-order valence-corrected chi connectivity index (χ0v) is 20.1. The summed E-state index contributed by atoms with van der Waals surface area (Å²) in [6.45, 7) is 6.79. The van der Waals surface area contributed by atoms with Crippen LogP contribution in [0, 0.1) is 0 Å². The van der Waals surface area contributed by atoms with E-state index in [2.05, 4.69) is 4.90 Å². The summed E-state index contributed by atoms with van der Waals surface area (Å²) in [5.74, 6) is 0.622. The maximum atomic E-state index is 13.1. The largest absolute Gasteiger partial charge is 0.302 e. The zero-order valence-electron chi connectivity index (χ0n) is 17.6. The van der Waals surface area contributed by atoms with E-state index < -0.39 is 10.0 Å². The van der Waals surface area contributed by atoms with E-state index in [0.717, 1.165) is 36.5 Å². The molecule has 1 heterocycles. The van der Waals surface area contributed by atoms with Crippen molar-refractivity contribution in [2.24, 2.45) is 0 Å². The second-order valence-electron chi connectivity index (χ2n) is 7.88. The fraction of sp³-hybridized carbons (Fsp3) is 0.714. The van der Waals surface area contributed by atoms with Crippen molar-refractivity contribution in [3.8, 4) is 0 Å². The molecule has 8 heteroatoms. The Bertz CT molecular complexity index is 725. The van der Waals surface area contributed by atoms with E-state index in [9.17, 15) is 13.2 Å². The van der Waals surface area contributed by atoms with Crippen molar-refractivity contribution in [2.45, 2.75) is 58.4 Å². The minimum absolute atomic E-state index is 0.0252. The van der Waals surface area contributed by atoms with Crippen molar-refractivity contribution in [1.82, 2.24) is 9.21 Å². The van der Waals surface area contributed by atoms with Crippen molar-refractivity contribution < 1.29 is 13.2 Å². The number of carbonyl (C=O) groups is 1. The quantitative estimate of drug-likeness (QED) is 0.439. The Labute approximate surface area is 186 Å². The Morgan fingerprint density at radius 2 is 2.03 bits per heavy atom. The van der Waals surface area contributed by atoms with Crippen LogP contribution < -0.4 is 0 Å². The lowest BCUT2D eigenvalue weighted by Crippen LogP contribution is -2.46. The van der Waals surface area contributed by atoms with Crippen LogP contribution in [0.1, 0.15) is 52.4 Å². The van der Waals surface area contributed by atoms with Crippen LogP contribution in [-0.2, 0) is 14.8 Å². The van der Waals surface area contributed by atoms with Crippen molar-refractivity contribution in [3.05, 3.63) is 23.8 Å². The maximum absolute atomic E-state index is 13.1. The number of likely N-dealkylation sites (tertiary alicyclic amines) is 1. The van der Waals surface area contributed by atoms with Crippen LogP contribution in [0.15, 0.2) is 23.8 Å². The predicted octanol–water partition coefficient (Wildman–Crippen LogP) is 3.81. The molecule has 0 amide bonds. The van der Waals surface area contributed by atoms with Crippen LogP contribution in [0.3, 0.4) is 0 Å². The SMILES string of the molecule is CC(=O)SC[C@@H](C)N(CCN1CCCCC1)S(=O)(=O)CCCC1=CC(=S)CC=C1. The van der Waals surface area contributed by atoms with Crippen LogP contribution in [0.5, 0.6) is 0 Å². The standard InChI is InChI=1S/C21H34N2O3S3/c1-18(17-28-19(2)24)23(14-13-22-11-4-3-5-12-22)29(25,26)15-7-9-20-8-6-10-21(27)16-20/h6,8,16,18H,3-5,7,9-15,17H2,1-2H3/t18-/m1/s1. The summed E-state index contributed by atoms with van der Waals surface area (Å²) < 4.78 is 27.9. The summed E-state index contributed by atoms with van der Waals surface area (Å²) in [6.07, 6.45) is 11.8. The predicted molar refractivity (Wildman–Crippen MR) is 127 cm³/mol. The van der Waals surface area contributed by atoms with Crippen molar-refractivity contribution in [1.29, 1.82) is 0 Å². The fourth-order valence-corrected chi connectivity index (χ4v) is 6.47. The first kappa shape index (κ1) is 24.7. The van der Waals surface area contributed by atoms with Gasteiger partial charge >= 0.3 is 0 Å². The van der Waals surface area contributed by atoms with E-state index in [1.54, 1.807) is 4.31 Å². The summed E-state index contributed by atoms with van der Waals surface area (Å²) in [6, 6.07) is -0.194. The molecule has 0 aromatic heterocycles. The number of rotatable bonds is 11. The Balaban J connectivity index is 1.96. The van der Waals surface area contributed by atoms with E-state index in [0.29, 0.717) is 25.1 Å². The van der Waals surface area contributed by atoms with Crippen molar-refractivity contribution in [3.63, 3.8) is 0 Å². The van der Waals surface area contributed by atoms with Gasteiger partial charge in [-0.05, 0) is 57.3 Å². The molecule has 0 aromatic carbocycles. The molecule has 2 rings (SSSR count). The number of sulfonamides is 1. The minimum atomic E-state index is -3.39. The lowest BCUT2D eigenvalue weighted by Gasteiger charge is -2.32. The lowest BCUT2D eigenvalue weighted by molar-refractivity contribution is -0.109. The van der Waals surface area contributed by atoms with Gasteiger partial charge in [-0.3, -0.25) is 4.79 Å². The molecule has 0 bridgehead atoms. The summed E-state index contributed by atoms with van der Waals surface area (Å²) >= 11 is 6.44. The van der Waals surface area contributed by atoms with Crippen LogP contribution in [0.4, 0.5) is 0 Å². The average Bonchev–Trinajstić information content (AvgIpc) is 2.67. The third-order valence-corrected chi connectivity index (χ3v) is 8.73. The molecular weight excluding hydrogens is 424 g/mol. The average molecular weight is 459 g/mol. The zero-order chi connectivity index (χ0) is 21.3. The summed E-state index contributed by atoms with van der Waals surface area (Å²) in [4.78, 5) is 14.6. The van der Waals surface area contributed by atoms with Crippen LogP contribution in [-0.4, -0.2) is 71.3 Å². The molecule has 0 saturated carbocycles. The smallest absolute Gasteiger partial charge is 0.214 e. The highest BCUT2D eigenvalue weighted by atomic mass is 32.2. The second-order valence-corrected chi connectivity index (χ2v) is 11.6. The van der Waals surface area contributed by atoms with E-state index >= 15 is 0 Å². The molecule has 1 fully saturated rings. The van der Waals surface area contributed by atoms with E-state index in [4.69, 9.17) is 12.2 Å². The molecule has 0 N–H and O–H groups in total. The number of hydrogen-bond donors (Lipinski definition) is 0. The van der Waals surface area contributed by atoms with Gasteiger partial charge in [0, 0.05) is 43.1 Å². The molecular formula is C21H34N2O3S3. The number of carbonyl (C=O) groups excluding carboxylic acids is 1. The third kappa shape index (κ3) is 9.00. The van der Waals surface area contributed by atoms with Gasteiger partial charge in [-0.1, -0.05) is 42.6 Å². The van der Waals surface area contributed by atoms with Crippen LogP contribution in [0.2, 0.25) is 0 Å². The monoisotopic (exact) mass is 458 g/mol. The fourth-order valence-electron chi connectivity index (χ4n) is 3.75. The van der Waals surface area contributed by atoms with Gasteiger partial charge in [-0.15, -0.1) is 0 Å². The van der Waals surface area contributed by atoms with Gasteiger partial charge in [0.05, 0.1) is 5.75 Å². The number of thiocarbonyl (C=S) groups is 1. The van der Waals surface area contributed by atoms with E-state index in [1.807, 2.05) is 25.2 Å². The normalized spacial score (nSPS) is 19.4. The molecule has 5 nitrogen and oxygen atoms in total. The molecule has 29 heavy (non-hydrogen) atoms. The first-order valence-corrected chi connectivity index (χ1v) is 13.5. The maximum Gasteiger partial charge on any atom is 0.214 e. The number of piperidine rings is 1. The molecule has 1 aliphatic carbocycles. The lowest BCUT2D eigenvalue weighted by atomic mass is 10.0. The second kappa shape index (κ2) is 12.3. The Morgan fingerprint density at radius 1 is 1.31 bits per heavy atom. The van der Waals surface area contributed by atoms with Gasteiger partial charge in [0.1, 0.15) is 0 Å². The van der Waals surface area contributed by atoms with Crippen LogP contribution in [0.25, 0.3) is 0 Å². The number of allylic oxidation sites excluding steroid dienone is 4. The van der Waals surface area contributed by atoms with Crippen molar-refractivity contribution in [2.75, 3.05) is 37.7 Å². The Hall–Kier alpha value is -0.540. The number of hydrogen-bond acceptors (Lipinski definition) is 6. The highest BCUT2D eigenvalue weighted by Crippen LogP contribution is 2.19. The first-order valence-electron chi connectivity index (χ1n) is 10.5.